The molecule has 1 saturated carbocycles. The molecule has 2 fully saturated rings. The summed E-state index contributed by atoms with van der Waals surface area (Å²) in [5.74, 6) is -1.43. The molecular formula is C23H20FN3O4. The van der Waals surface area contributed by atoms with Crippen molar-refractivity contribution in [2.24, 2.45) is 23.7 Å². The zero-order valence-corrected chi connectivity index (χ0v) is 16.5. The maximum absolute atomic E-state index is 13.3. The van der Waals surface area contributed by atoms with E-state index in [0.29, 0.717) is 13.0 Å². The Morgan fingerprint density at radius 3 is 2.42 bits per heavy atom. The number of carbonyl (C=O) groups is 2. The van der Waals surface area contributed by atoms with Crippen molar-refractivity contribution >= 4 is 28.9 Å². The third-order valence-corrected chi connectivity index (χ3v) is 6.52. The van der Waals surface area contributed by atoms with E-state index in [-0.39, 0.29) is 58.4 Å². The summed E-state index contributed by atoms with van der Waals surface area (Å²) in [5, 5.41) is 14.7. The Hall–Kier alpha value is -3.55. The summed E-state index contributed by atoms with van der Waals surface area (Å²) in [4.78, 5) is 38.2. The van der Waals surface area contributed by atoms with Crippen molar-refractivity contribution in [2.75, 3.05) is 16.8 Å². The number of allylic oxidation sites excluding steroid dienone is 2. The van der Waals surface area contributed by atoms with Gasteiger partial charge in [0.25, 0.3) is 5.69 Å². The van der Waals surface area contributed by atoms with Crippen LogP contribution in [0.15, 0.2) is 54.6 Å². The summed E-state index contributed by atoms with van der Waals surface area (Å²) < 4.78 is 13.3. The highest BCUT2D eigenvalue weighted by molar-refractivity contribution is 6.23. The maximum atomic E-state index is 13.3. The summed E-state index contributed by atoms with van der Waals surface area (Å²) in [6.07, 6.45) is 5.33. The standard InChI is InChI=1S/C23H20FN3O4/c24-16-3-1-2-13(10-16)8-9-25-18-7-6-17(12-19(18)27(30)31)26-22(28)20-14-4-5-15(11-14)21(20)23(26)29/h1-7,10,12,14-15,20-21,25H,8-9,11H2/t14-,15-,20+,21+/m0/s1. The minimum Gasteiger partial charge on any atom is -0.379 e. The number of halogens is 1. The summed E-state index contributed by atoms with van der Waals surface area (Å²) in [5.41, 5.74) is 1.07. The molecule has 2 aromatic carbocycles. The largest absolute Gasteiger partial charge is 0.379 e. The smallest absolute Gasteiger partial charge is 0.294 e. The Bertz CT molecular complexity index is 1100. The number of amides is 2. The molecule has 2 aliphatic carbocycles. The summed E-state index contributed by atoms with van der Waals surface area (Å²) >= 11 is 0. The van der Waals surface area contributed by atoms with Crippen LogP contribution < -0.4 is 10.2 Å². The number of carbonyl (C=O) groups excluding carboxylic acids is 2. The first-order valence-electron chi connectivity index (χ1n) is 10.3. The van der Waals surface area contributed by atoms with Gasteiger partial charge in [-0.2, -0.15) is 0 Å². The molecule has 3 aliphatic rings. The summed E-state index contributed by atoms with van der Waals surface area (Å²) in [7, 11) is 0. The second-order valence-corrected chi connectivity index (χ2v) is 8.28. The Morgan fingerprint density at radius 2 is 1.77 bits per heavy atom. The number of nitrogens with one attached hydrogen (secondary N) is 1. The second kappa shape index (κ2) is 7.30. The number of benzene rings is 2. The fourth-order valence-corrected chi connectivity index (χ4v) is 5.15. The Balaban J connectivity index is 1.36. The van der Waals surface area contributed by atoms with Crippen molar-refractivity contribution in [1.82, 2.24) is 0 Å². The third kappa shape index (κ3) is 3.19. The lowest BCUT2D eigenvalue weighted by atomic mass is 9.85. The number of rotatable bonds is 6. The molecule has 5 rings (SSSR count). The normalized spacial score (nSPS) is 25.9. The molecular weight excluding hydrogens is 401 g/mol. The van der Waals surface area contributed by atoms with Crippen LogP contribution in [0.3, 0.4) is 0 Å². The molecule has 0 aromatic heterocycles. The van der Waals surface area contributed by atoms with Gasteiger partial charge >= 0.3 is 0 Å². The predicted octanol–water partition coefficient (Wildman–Crippen LogP) is 3.70. The lowest BCUT2D eigenvalue weighted by molar-refractivity contribution is -0.383. The predicted molar refractivity (Wildman–Crippen MR) is 112 cm³/mol. The van der Waals surface area contributed by atoms with Crippen molar-refractivity contribution in [2.45, 2.75) is 12.8 Å². The molecule has 158 valence electrons. The van der Waals surface area contributed by atoms with Gasteiger partial charge in [0.2, 0.25) is 11.8 Å². The first-order chi connectivity index (χ1) is 14.9. The highest BCUT2D eigenvalue weighted by Gasteiger charge is 2.59. The number of imide groups is 1. The van der Waals surface area contributed by atoms with Gasteiger partial charge in [-0.25, -0.2) is 9.29 Å². The number of hydrogen-bond donors (Lipinski definition) is 1. The van der Waals surface area contributed by atoms with E-state index >= 15 is 0 Å². The zero-order valence-electron chi connectivity index (χ0n) is 16.5. The van der Waals surface area contributed by atoms with Crippen LogP contribution in [-0.2, 0) is 16.0 Å². The molecule has 1 saturated heterocycles. The van der Waals surface area contributed by atoms with E-state index in [1.165, 1.54) is 24.3 Å². The van der Waals surface area contributed by atoms with E-state index in [2.05, 4.69) is 5.32 Å². The van der Waals surface area contributed by atoms with Crippen molar-refractivity contribution < 1.29 is 18.9 Å². The average molecular weight is 421 g/mol. The van der Waals surface area contributed by atoms with Crippen LogP contribution in [0.1, 0.15) is 12.0 Å². The average Bonchev–Trinajstić information content (AvgIpc) is 3.42. The second-order valence-electron chi connectivity index (χ2n) is 8.28. The van der Waals surface area contributed by atoms with Crippen LogP contribution >= 0.6 is 0 Å². The highest BCUT2D eigenvalue weighted by Crippen LogP contribution is 2.53. The molecule has 8 heteroatoms. The number of hydrogen-bond acceptors (Lipinski definition) is 5. The van der Waals surface area contributed by atoms with Crippen LogP contribution in [-0.4, -0.2) is 23.3 Å². The lowest BCUT2D eigenvalue weighted by Gasteiger charge is -2.18. The van der Waals surface area contributed by atoms with Gasteiger partial charge in [-0.15, -0.1) is 0 Å². The van der Waals surface area contributed by atoms with Gasteiger partial charge in [-0.1, -0.05) is 24.3 Å². The van der Waals surface area contributed by atoms with E-state index < -0.39 is 4.92 Å². The molecule has 7 nitrogen and oxygen atoms in total. The van der Waals surface area contributed by atoms with Crippen molar-refractivity contribution in [3.63, 3.8) is 0 Å². The van der Waals surface area contributed by atoms with Gasteiger partial charge in [0.15, 0.2) is 0 Å². The van der Waals surface area contributed by atoms with E-state index in [1.54, 1.807) is 18.2 Å². The SMILES string of the molecule is O=C1[C@H]2[C@H](C(=O)N1c1ccc(NCCc3cccc(F)c3)c([N+](=O)[O-])c1)[C@H]1C=C[C@H]2C1. The topological polar surface area (TPSA) is 92.6 Å². The fourth-order valence-electron chi connectivity index (χ4n) is 5.15. The molecule has 0 unspecified atom stereocenters. The molecule has 2 bridgehead atoms. The van der Waals surface area contributed by atoms with E-state index in [4.69, 9.17) is 0 Å². The monoisotopic (exact) mass is 421 g/mol. The number of fused-ring (bicyclic) bond motifs is 5. The van der Waals surface area contributed by atoms with Crippen LogP contribution in [0.2, 0.25) is 0 Å². The number of nitro groups is 1. The van der Waals surface area contributed by atoms with Crippen LogP contribution in [0.4, 0.5) is 21.5 Å². The van der Waals surface area contributed by atoms with E-state index in [0.717, 1.165) is 16.9 Å². The Kier molecular flexibility index (Phi) is 4.57. The molecule has 2 aromatic rings. The Labute approximate surface area is 177 Å². The molecule has 0 spiro atoms. The van der Waals surface area contributed by atoms with Crippen molar-refractivity contribution in [1.29, 1.82) is 0 Å². The minimum absolute atomic E-state index is 0.0789. The molecule has 1 N–H and O–H groups in total. The number of anilines is 2. The van der Waals surface area contributed by atoms with Gasteiger partial charge in [-0.05, 0) is 54.5 Å². The van der Waals surface area contributed by atoms with E-state index in [1.807, 2.05) is 12.2 Å². The van der Waals surface area contributed by atoms with Gasteiger partial charge < -0.3 is 5.32 Å². The fraction of sp³-hybridized carbons (Fsp3) is 0.304. The first kappa shape index (κ1) is 19.4. The van der Waals surface area contributed by atoms with Gasteiger partial charge in [0, 0.05) is 12.6 Å². The van der Waals surface area contributed by atoms with Crippen LogP contribution in [0, 0.1) is 39.6 Å². The van der Waals surface area contributed by atoms with Crippen LogP contribution in [0.5, 0.6) is 0 Å². The molecule has 2 amide bonds. The molecule has 4 atom stereocenters. The Morgan fingerprint density at radius 1 is 1.06 bits per heavy atom. The summed E-state index contributed by atoms with van der Waals surface area (Å²) in [6.45, 7) is 0.365. The number of nitrogens with zero attached hydrogens (tertiary/aromatic N) is 2. The van der Waals surface area contributed by atoms with Crippen molar-refractivity contribution in [3.05, 3.63) is 76.1 Å². The first-order valence-corrected chi connectivity index (χ1v) is 10.3. The van der Waals surface area contributed by atoms with E-state index in [9.17, 15) is 24.1 Å². The number of nitro benzene ring substituents is 1. The van der Waals surface area contributed by atoms with Gasteiger partial charge in [-0.3, -0.25) is 19.7 Å². The zero-order chi connectivity index (χ0) is 21.7. The lowest BCUT2D eigenvalue weighted by Crippen LogP contribution is -2.32. The third-order valence-electron chi connectivity index (χ3n) is 6.52. The highest BCUT2D eigenvalue weighted by atomic mass is 19.1. The molecule has 31 heavy (non-hydrogen) atoms. The molecule has 1 heterocycles. The van der Waals surface area contributed by atoms with Gasteiger partial charge in [0.05, 0.1) is 22.4 Å². The summed E-state index contributed by atoms with van der Waals surface area (Å²) in [6, 6.07) is 10.5. The molecule has 0 radical (unpaired) electrons. The van der Waals surface area contributed by atoms with Gasteiger partial charge in [0.1, 0.15) is 11.5 Å². The minimum atomic E-state index is -0.537. The maximum Gasteiger partial charge on any atom is 0.294 e. The van der Waals surface area contributed by atoms with Crippen molar-refractivity contribution in [3.8, 4) is 0 Å². The molecule has 1 aliphatic heterocycles. The quantitative estimate of drug-likeness (QED) is 0.332. The van der Waals surface area contributed by atoms with Crippen LogP contribution in [0.25, 0.3) is 0 Å².